The predicted molar refractivity (Wildman–Crippen MR) is 77.7 cm³/mol. The molecular formula is C14H19F3N2O2S. The van der Waals surface area contributed by atoms with Gasteiger partial charge >= 0.3 is 6.18 Å². The van der Waals surface area contributed by atoms with E-state index < -0.39 is 27.5 Å². The van der Waals surface area contributed by atoms with Crippen molar-refractivity contribution in [3.05, 3.63) is 35.4 Å². The summed E-state index contributed by atoms with van der Waals surface area (Å²) in [6.07, 6.45) is -4.56. The standard InChI is InChI=1S/C14H19F3N2O2S/c1-10-7-19(2)8-13(10)18-22(20,21)9-11-5-3-4-6-12(11)14(15,16)17/h3-6,10,13,18H,7-9H2,1-2H3. The molecule has 0 aliphatic carbocycles. The van der Waals surface area contributed by atoms with Gasteiger partial charge in [-0.15, -0.1) is 0 Å². The van der Waals surface area contributed by atoms with Crippen LogP contribution in [0.25, 0.3) is 0 Å². The monoisotopic (exact) mass is 336 g/mol. The molecule has 0 saturated carbocycles. The number of likely N-dealkylation sites (tertiary alicyclic amines) is 1. The quantitative estimate of drug-likeness (QED) is 0.916. The van der Waals surface area contributed by atoms with Crippen LogP contribution in [0.1, 0.15) is 18.1 Å². The Balaban J connectivity index is 2.16. The van der Waals surface area contributed by atoms with E-state index in [1.54, 1.807) is 0 Å². The number of benzene rings is 1. The second-order valence-electron chi connectivity index (χ2n) is 5.84. The Morgan fingerprint density at radius 1 is 1.27 bits per heavy atom. The van der Waals surface area contributed by atoms with E-state index in [2.05, 4.69) is 4.72 Å². The molecule has 124 valence electrons. The van der Waals surface area contributed by atoms with Crippen LogP contribution in [0.3, 0.4) is 0 Å². The minimum absolute atomic E-state index is 0.123. The first kappa shape index (κ1) is 17.2. The summed E-state index contributed by atoms with van der Waals surface area (Å²) in [6.45, 7) is 3.23. The number of rotatable bonds is 4. The van der Waals surface area contributed by atoms with Crippen LogP contribution in [0.15, 0.2) is 24.3 Å². The molecule has 4 nitrogen and oxygen atoms in total. The predicted octanol–water partition coefficient (Wildman–Crippen LogP) is 2.07. The highest BCUT2D eigenvalue weighted by molar-refractivity contribution is 7.88. The van der Waals surface area contributed by atoms with Crippen molar-refractivity contribution in [1.29, 1.82) is 0 Å². The minimum atomic E-state index is -4.56. The normalized spacial score (nSPS) is 23.9. The van der Waals surface area contributed by atoms with Crippen molar-refractivity contribution in [2.24, 2.45) is 5.92 Å². The summed E-state index contributed by atoms with van der Waals surface area (Å²) in [5.74, 6) is -0.548. The van der Waals surface area contributed by atoms with E-state index in [0.717, 1.165) is 12.6 Å². The molecule has 22 heavy (non-hydrogen) atoms. The fraction of sp³-hybridized carbons (Fsp3) is 0.571. The molecule has 1 aromatic rings. The van der Waals surface area contributed by atoms with Gasteiger partial charge in [-0.3, -0.25) is 0 Å². The minimum Gasteiger partial charge on any atom is -0.304 e. The molecule has 0 bridgehead atoms. The average molecular weight is 336 g/mol. The maximum absolute atomic E-state index is 12.9. The lowest BCUT2D eigenvalue weighted by atomic mass is 10.1. The Morgan fingerprint density at radius 3 is 2.45 bits per heavy atom. The molecule has 1 aliphatic rings. The van der Waals surface area contributed by atoms with Crippen molar-refractivity contribution in [3.8, 4) is 0 Å². The molecule has 1 fully saturated rings. The van der Waals surface area contributed by atoms with Crippen molar-refractivity contribution < 1.29 is 21.6 Å². The van der Waals surface area contributed by atoms with E-state index in [9.17, 15) is 21.6 Å². The van der Waals surface area contributed by atoms with E-state index >= 15 is 0 Å². The number of likely N-dealkylation sites (N-methyl/N-ethyl adjacent to an activating group) is 1. The molecule has 1 N–H and O–H groups in total. The highest BCUT2D eigenvalue weighted by Crippen LogP contribution is 2.32. The third-order valence-corrected chi connectivity index (χ3v) is 5.15. The van der Waals surface area contributed by atoms with Gasteiger partial charge in [0, 0.05) is 19.1 Å². The summed E-state index contributed by atoms with van der Waals surface area (Å²) in [6, 6.07) is 4.49. The van der Waals surface area contributed by atoms with Crippen molar-refractivity contribution in [3.63, 3.8) is 0 Å². The van der Waals surface area contributed by atoms with E-state index in [4.69, 9.17) is 0 Å². The summed E-state index contributed by atoms with van der Waals surface area (Å²) in [7, 11) is -1.96. The first-order valence-corrected chi connectivity index (χ1v) is 8.57. The van der Waals surface area contributed by atoms with Gasteiger partial charge < -0.3 is 4.90 Å². The lowest BCUT2D eigenvalue weighted by molar-refractivity contribution is -0.138. The summed E-state index contributed by atoms with van der Waals surface area (Å²) < 4.78 is 65.7. The zero-order valence-corrected chi connectivity index (χ0v) is 13.2. The second kappa shape index (κ2) is 6.17. The van der Waals surface area contributed by atoms with Crippen molar-refractivity contribution in [2.75, 3.05) is 20.1 Å². The van der Waals surface area contributed by atoms with Gasteiger partial charge in [-0.25, -0.2) is 13.1 Å². The van der Waals surface area contributed by atoms with E-state index in [1.165, 1.54) is 18.2 Å². The van der Waals surface area contributed by atoms with Gasteiger partial charge in [-0.05, 0) is 24.6 Å². The lowest BCUT2D eigenvalue weighted by Gasteiger charge is -2.18. The molecule has 1 heterocycles. The Morgan fingerprint density at radius 2 is 1.91 bits per heavy atom. The van der Waals surface area contributed by atoms with Gasteiger partial charge in [0.1, 0.15) is 0 Å². The SMILES string of the molecule is CC1CN(C)CC1NS(=O)(=O)Cc1ccccc1C(F)(F)F. The fourth-order valence-corrected chi connectivity index (χ4v) is 4.27. The summed E-state index contributed by atoms with van der Waals surface area (Å²) in [4.78, 5) is 1.99. The molecule has 1 aliphatic heterocycles. The maximum atomic E-state index is 12.9. The van der Waals surface area contributed by atoms with E-state index in [0.29, 0.717) is 6.54 Å². The molecule has 2 atom stereocenters. The molecule has 0 spiro atoms. The van der Waals surface area contributed by atoms with Crippen molar-refractivity contribution in [1.82, 2.24) is 9.62 Å². The second-order valence-corrected chi connectivity index (χ2v) is 7.59. The molecule has 2 rings (SSSR count). The van der Waals surface area contributed by atoms with Gasteiger partial charge in [0.05, 0.1) is 11.3 Å². The Kier molecular flexibility index (Phi) is 4.84. The highest BCUT2D eigenvalue weighted by atomic mass is 32.2. The fourth-order valence-electron chi connectivity index (χ4n) is 2.76. The van der Waals surface area contributed by atoms with Crippen LogP contribution in [0.4, 0.5) is 13.2 Å². The van der Waals surface area contributed by atoms with Gasteiger partial charge in [0.15, 0.2) is 0 Å². The lowest BCUT2D eigenvalue weighted by Crippen LogP contribution is -2.40. The van der Waals surface area contributed by atoms with Crippen molar-refractivity contribution >= 4 is 10.0 Å². The van der Waals surface area contributed by atoms with Crippen LogP contribution in [0.2, 0.25) is 0 Å². The van der Waals surface area contributed by atoms with Crippen LogP contribution in [-0.4, -0.2) is 39.5 Å². The summed E-state index contributed by atoms with van der Waals surface area (Å²) in [5.41, 5.74) is -1.14. The van der Waals surface area contributed by atoms with Gasteiger partial charge in [0.25, 0.3) is 0 Å². The summed E-state index contributed by atoms with van der Waals surface area (Å²) in [5, 5.41) is 0. The number of hydrogen-bond donors (Lipinski definition) is 1. The van der Waals surface area contributed by atoms with E-state index in [1.807, 2.05) is 18.9 Å². The van der Waals surface area contributed by atoms with Crippen LogP contribution in [0, 0.1) is 5.92 Å². The third-order valence-electron chi connectivity index (χ3n) is 3.79. The Hall–Kier alpha value is -1.12. The number of halogens is 3. The van der Waals surface area contributed by atoms with Crippen LogP contribution >= 0.6 is 0 Å². The molecule has 0 aromatic heterocycles. The number of sulfonamides is 1. The first-order valence-electron chi connectivity index (χ1n) is 6.92. The number of hydrogen-bond acceptors (Lipinski definition) is 3. The van der Waals surface area contributed by atoms with Crippen molar-refractivity contribution in [2.45, 2.75) is 24.9 Å². The largest absolute Gasteiger partial charge is 0.416 e. The smallest absolute Gasteiger partial charge is 0.304 e. The molecule has 0 amide bonds. The topological polar surface area (TPSA) is 49.4 Å². The molecule has 1 saturated heterocycles. The molecule has 0 radical (unpaired) electrons. The summed E-state index contributed by atoms with van der Waals surface area (Å²) >= 11 is 0. The van der Waals surface area contributed by atoms with Crippen LogP contribution < -0.4 is 4.72 Å². The molecular weight excluding hydrogens is 317 g/mol. The van der Waals surface area contributed by atoms with E-state index in [-0.39, 0.29) is 17.5 Å². The molecule has 8 heteroatoms. The number of nitrogens with zero attached hydrogens (tertiary/aromatic N) is 1. The number of nitrogens with one attached hydrogen (secondary N) is 1. The van der Waals surface area contributed by atoms with Gasteiger partial charge in [-0.2, -0.15) is 13.2 Å². The maximum Gasteiger partial charge on any atom is 0.416 e. The average Bonchev–Trinajstić information content (AvgIpc) is 2.65. The zero-order chi connectivity index (χ0) is 16.5. The number of alkyl halides is 3. The zero-order valence-electron chi connectivity index (χ0n) is 12.4. The van der Waals surface area contributed by atoms with Crippen LogP contribution in [0.5, 0.6) is 0 Å². The molecule has 2 unspecified atom stereocenters. The van der Waals surface area contributed by atoms with Crippen LogP contribution in [-0.2, 0) is 22.0 Å². The van der Waals surface area contributed by atoms with Gasteiger partial charge in [0.2, 0.25) is 10.0 Å². The Bertz CT molecular complexity index is 631. The van der Waals surface area contributed by atoms with Gasteiger partial charge in [-0.1, -0.05) is 25.1 Å². The third kappa shape index (κ3) is 4.21. The highest BCUT2D eigenvalue weighted by Gasteiger charge is 2.35. The Labute approximate surface area is 128 Å². The first-order chi connectivity index (χ1) is 10.1. The molecule has 1 aromatic carbocycles.